The van der Waals surface area contributed by atoms with Crippen LogP contribution in [-0.4, -0.2) is 0 Å². The molecule has 0 amide bonds. The summed E-state index contributed by atoms with van der Waals surface area (Å²) in [7, 11) is 0. The first-order valence-corrected chi connectivity index (χ1v) is 9.77. The molecule has 4 aliphatic rings. The summed E-state index contributed by atoms with van der Waals surface area (Å²) in [6.07, 6.45) is 18.6. The molecule has 0 heteroatoms. The molecular weight excluding hydrogens is 252 g/mol. The van der Waals surface area contributed by atoms with E-state index in [0.717, 1.165) is 29.6 Å². The zero-order valence-corrected chi connectivity index (χ0v) is 14.4. The van der Waals surface area contributed by atoms with E-state index in [0.29, 0.717) is 10.8 Å². The van der Waals surface area contributed by atoms with Gasteiger partial charge in [-0.1, -0.05) is 39.3 Å². The van der Waals surface area contributed by atoms with E-state index in [-0.39, 0.29) is 0 Å². The lowest BCUT2D eigenvalue weighted by Crippen LogP contribution is -2.51. The SMILES string of the molecule is CC[C@H]1CC[C@H]2[C@@H]3CCC4CCC=C[C@]4(C)[C@H]3CC[C@]12C. The number of fused-ring (bicyclic) bond motifs is 5. The van der Waals surface area contributed by atoms with E-state index in [9.17, 15) is 0 Å². The van der Waals surface area contributed by atoms with Gasteiger partial charge in [0.15, 0.2) is 0 Å². The van der Waals surface area contributed by atoms with Crippen LogP contribution in [0.2, 0.25) is 0 Å². The Hall–Kier alpha value is -0.260. The van der Waals surface area contributed by atoms with Crippen LogP contribution in [0.15, 0.2) is 12.2 Å². The van der Waals surface area contributed by atoms with E-state index in [2.05, 4.69) is 32.9 Å². The molecule has 3 saturated carbocycles. The maximum atomic E-state index is 2.67. The molecule has 0 radical (unpaired) electrons. The number of rotatable bonds is 1. The molecule has 3 fully saturated rings. The van der Waals surface area contributed by atoms with Crippen molar-refractivity contribution in [2.75, 3.05) is 0 Å². The summed E-state index contributed by atoms with van der Waals surface area (Å²) < 4.78 is 0. The zero-order valence-electron chi connectivity index (χ0n) is 14.4. The van der Waals surface area contributed by atoms with Gasteiger partial charge < -0.3 is 0 Å². The first kappa shape index (κ1) is 14.3. The molecule has 0 aromatic carbocycles. The van der Waals surface area contributed by atoms with Crippen LogP contribution in [-0.2, 0) is 0 Å². The first-order chi connectivity index (χ1) is 10.1. The average Bonchev–Trinajstić information content (AvgIpc) is 2.83. The lowest BCUT2D eigenvalue weighted by Gasteiger charge is -2.59. The standard InChI is InChI=1S/C21H34/c1-4-15-9-11-18-17-10-8-16-7-5-6-13-20(16,2)19(17)12-14-21(15,18)3/h6,13,15-19H,4-5,7-12,14H2,1-3H3/t15-,16?,17-,18-,19-,20-,21+/m0/s1. The van der Waals surface area contributed by atoms with Gasteiger partial charge in [-0.25, -0.2) is 0 Å². The molecule has 0 heterocycles. The van der Waals surface area contributed by atoms with Gasteiger partial charge in [0, 0.05) is 0 Å². The molecule has 0 bridgehead atoms. The highest BCUT2D eigenvalue weighted by Crippen LogP contribution is 2.66. The molecule has 0 aromatic heterocycles. The molecule has 21 heavy (non-hydrogen) atoms. The Kier molecular flexibility index (Phi) is 3.32. The second kappa shape index (κ2) is 4.87. The van der Waals surface area contributed by atoms with Gasteiger partial charge in [0.2, 0.25) is 0 Å². The molecule has 118 valence electrons. The molecule has 4 aliphatic carbocycles. The highest BCUT2D eigenvalue weighted by Gasteiger charge is 2.58. The van der Waals surface area contributed by atoms with E-state index in [1.807, 2.05) is 0 Å². The Balaban J connectivity index is 1.66. The Morgan fingerprint density at radius 2 is 1.81 bits per heavy atom. The molecule has 0 aliphatic heterocycles. The van der Waals surface area contributed by atoms with Crippen molar-refractivity contribution in [2.24, 2.45) is 40.4 Å². The van der Waals surface area contributed by atoms with Crippen molar-refractivity contribution < 1.29 is 0 Å². The van der Waals surface area contributed by atoms with Crippen molar-refractivity contribution in [1.29, 1.82) is 0 Å². The van der Waals surface area contributed by atoms with Gasteiger partial charge in [-0.05, 0) is 91.8 Å². The Morgan fingerprint density at radius 3 is 2.62 bits per heavy atom. The summed E-state index contributed by atoms with van der Waals surface area (Å²) in [5.41, 5.74) is 1.24. The van der Waals surface area contributed by atoms with Crippen molar-refractivity contribution in [3.05, 3.63) is 12.2 Å². The van der Waals surface area contributed by atoms with Gasteiger partial charge in [-0.3, -0.25) is 0 Å². The van der Waals surface area contributed by atoms with Gasteiger partial charge in [0.25, 0.3) is 0 Å². The molecule has 0 aromatic rings. The summed E-state index contributed by atoms with van der Waals surface area (Å²) in [6, 6.07) is 0. The van der Waals surface area contributed by atoms with Crippen LogP contribution < -0.4 is 0 Å². The summed E-state index contributed by atoms with van der Waals surface area (Å²) in [4.78, 5) is 0. The van der Waals surface area contributed by atoms with E-state index in [1.165, 1.54) is 44.9 Å². The van der Waals surface area contributed by atoms with Crippen LogP contribution >= 0.6 is 0 Å². The van der Waals surface area contributed by atoms with Crippen LogP contribution in [0.4, 0.5) is 0 Å². The first-order valence-electron chi connectivity index (χ1n) is 9.77. The fraction of sp³-hybridized carbons (Fsp3) is 0.905. The van der Waals surface area contributed by atoms with Crippen molar-refractivity contribution in [1.82, 2.24) is 0 Å². The third kappa shape index (κ3) is 1.86. The molecule has 0 nitrogen and oxygen atoms in total. The Morgan fingerprint density at radius 1 is 0.952 bits per heavy atom. The number of hydrogen-bond acceptors (Lipinski definition) is 0. The molecule has 0 N–H and O–H groups in total. The minimum Gasteiger partial charge on any atom is -0.0880 e. The lowest BCUT2D eigenvalue weighted by atomic mass is 9.46. The predicted octanol–water partition coefficient (Wildman–Crippen LogP) is 6.22. The smallest absolute Gasteiger partial charge is 0.00872 e. The summed E-state index contributed by atoms with van der Waals surface area (Å²) in [5.74, 6) is 5.12. The number of allylic oxidation sites excluding steroid dienone is 2. The minimum absolute atomic E-state index is 0.548. The van der Waals surface area contributed by atoms with Gasteiger partial charge in [0.1, 0.15) is 0 Å². The van der Waals surface area contributed by atoms with Crippen molar-refractivity contribution in [3.63, 3.8) is 0 Å². The molecule has 7 atom stereocenters. The maximum absolute atomic E-state index is 2.67. The minimum atomic E-state index is 0.548. The van der Waals surface area contributed by atoms with Crippen LogP contribution in [0.25, 0.3) is 0 Å². The molecule has 0 spiro atoms. The molecule has 0 saturated heterocycles. The van der Waals surface area contributed by atoms with E-state index in [4.69, 9.17) is 0 Å². The summed E-state index contributed by atoms with van der Waals surface area (Å²) in [6.45, 7) is 7.73. The van der Waals surface area contributed by atoms with Crippen LogP contribution in [0.5, 0.6) is 0 Å². The van der Waals surface area contributed by atoms with E-state index < -0.39 is 0 Å². The number of hydrogen-bond donors (Lipinski definition) is 0. The highest BCUT2D eigenvalue weighted by atomic mass is 14.6. The van der Waals surface area contributed by atoms with Gasteiger partial charge in [0.05, 0.1) is 0 Å². The highest BCUT2D eigenvalue weighted by molar-refractivity contribution is 5.15. The van der Waals surface area contributed by atoms with Crippen LogP contribution in [0, 0.1) is 40.4 Å². The average molecular weight is 287 g/mol. The van der Waals surface area contributed by atoms with Gasteiger partial charge in [-0.2, -0.15) is 0 Å². The zero-order chi connectivity index (χ0) is 14.7. The quantitative estimate of drug-likeness (QED) is 0.502. The Bertz CT molecular complexity index is 435. The predicted molar refractivity (Wildman–Crippen MR) is 90.0 cm³/mol. The largest absolute Gasteiger partial charge is 0.0880 e. The van der Waals surface area contributed by atoms with Crippen LogP contribution in [0.1, 0.15) is 78.6 Å². The summed E-state index contributed by atoms with van der Waals surface area (Å²) >= 11 is 0. The van der Waals surface area contributed by atoms with Crippen molar-refractivity contribution in [3.8, 4) is 0 Å². The van der Waals surface area contributed by atoms with E-state index >= 15 is 0 Å². The van der Waals surface area contributed by atoms with Crippen molar-refractivity contribution >= 4 is 0 Å². The fourth-order valence-corrected chi connectivity index (χ4v) is 7.60. The topological polar surface area (TPSA) is 0 Å². The van der Waals surface area contributed by atoms with Crippen LogP contribution in [0.3, 0.4) is 0 Å². The van der Waals surface area contributed by atoms with Gasteiger partial charge in [-0.15, -0.1) is 0 Å². The van der Waals surface area contributed by atoms with Crippen molar-refractivity contribution in [2.45, 2.75) is 78.6 Å². The lowest BCUT2D eigenvalue weighted by molar-refractivity contribution is -0.0791. The molecular formula is C21H34. The monoisotopic (exact) mass is 286 g/mol. The Labute approximate surface area is 131 Å². The normalized spacial score (nSPS) is 55.7. The second-order valence-electron chi connectivity index (χ2n) is 9.22. The fourth-order valence-electron chi connectivity index (χ4n) is 7.60. The molecule has 4 rings (SSSR count). The maximum Gasteiger partial charge on any atom is -0.00872 e. The van der Waals surface area contributed by atoms with E-state index in [1.54, 1.807) is 12.8 Å². The third-order valence-electron chi connectivity index (χ3n) is 8.81. The van der Waals surface area contributed by atoms with Gasteiger partial charge >= 0.3 is 0 Å². The summed E-state index contributed by atoms with van der Waals surface area (Å²) in [5, 5.41) is 0. The third-order valence-corrected chi connectivity index (χ3v) is 8.81. The molecule has 1 unspecified atom stereocenters. The second-order valence-corrected chi connectivity index (χ2v) is 9.22.